The van der Waals surface area contributed by atoms with Crippen LogP contribution in [-0.4, -0.2) is 27.9 Å². The van der Waals surface area contributed by atoms with Crippen molar-refractivity contribution in [3.8, 4) is 0 Å². The predicted octanol–water partition coefficient (Wildman–Crippen LogP) is 1.23. The SMILES string of the molecule is CC(=O)C(CC(=O)O)=C(C)CCC(=O)O. The van der Waals surface area contributed by atoms with Crippen molar-refractivity contribution < 1.29 is 24.6 Å². The van der Waals surface area contributed by atoms with Gasteiger partial charge in [0.1, 0.15) is 0 Å². The molecule has 0 unspecified atom stereocenters. The molecule has 5 nitrogen and oxygen atoms in total. The van der Waals surface area contributed by atoms with Gasteiger partial charge in [0.05, 0.1) is 6.42 Å². The van der Waals surface area contributed by atoms with Gasteiger partial charge >= 0.3 is 11.9 Å². The summed E-state index contributed by atoms with van der Waals surface area (Å²) in [5.74, 6) is -2.37. The van der Waals surface area contributed by atoms with Crippen LogP contribution in [0.4, 0.5) is 0 Å². The summed E-state index contributed by atoms with van der Waals surface area (Å²) in [6, 6.07) is 0. The molecule has 0 aliphatic rings. The molecule has 0 aromatic carbocycles. The Morgan fingerprint density at radius 3 is 1.80 bits per heavy atom. The molecule has 0 aliphatic carbocycles. The monoisotopic (exact) mass is 214 g/mol. The lowest BCUT2D eigenvalue weighted by Gasteiger charge is -2.06. The first-order valence-electron chi connectivity index (χ1n) is 4.47. The maximum atomic E-state index is 11.1. The largest absolute Gasteiger partial charge is 0.481 e. The number of carbonyl (C=O) groups is 3. The Bertz CT molecular complexity index is 314. The van der Waals surface area contributed by atoms with E-state index in [1.54, 1.807) is 6.92 Å². The van der Waals surface area contributed by atoms with Gasteiger partial charge in [-0.3, -0.25) is 14.4 Å². The second-order valence-corrected chi connectivity index (χ2v) is 3.28. The maximum Gasteiger partial charge on any atom is 0.307 e. The van der Waals surface area contributed by atoms with Crippen molar-refractivity contribution >= 4 is 17.7 Å². The van der Waals surface area contributed by atoms with Crippen molar-refractivity contribution in [3.05, 3.63) is 11.1 Å². The molecule has 2 N–H and O–H groups in total. The van der Waals surface area contributed by atoms with Crippen molar-refractivity contribution in [3.63, 3.8) is 0 Å². The molecular formula is C10H14O5. The smallest absolute Gasteiger partial charge is 0.307 e. The number of carboxylic acids is 2. The fraction of sp³-hybridized carbons (Fsp3) is 0.500. The van der Waals surface area contributed by atoms with Crippen LogP contribution in [0.1, 0.15) is 33.1 Å². The number of allylic oxidation sites excluding steroid dienone is 1. The number of Topliss-reactive ketones (excluding diaryl/α,β-unsaturated/α-hetero) is 1. The van der Waals surface area contributed by atoms with Crippen molar-refractivity contribution in [2.24, 2.45) is 0 Å². The number of carbonyl (C=O) groups excluding carboxylic acids is 1. The second-order valence-electron chi connectivity index (χ2n) is 3.28. The molecule has 0 heterocycles. The molecule has 0 radical (unpaired) electrons. The highest BCUT2D eigenvalue weighted by molar-refractivity contribution is 5.97. The lowest BCUT2D eigenvalue weighted by molar-refractivity contribution is -0.137. The molecule has 84 valence electrons. The van der Waals surface area contributed by atoms with Gasteiger partial charge in [-0.05, 0) is 20.3 Å². The third-order valence-electron chi connectivity index (χ3n) is 1.98. The number of hydrogen-bond donors (Lipinski definition) is 2. The van der Waals surface area contributed by atoms with Gasteiger partial charge in [-0.15, -0.1) is 0 Å². The third kappa shape index (κ3) is 5.61. The summed E-state index contributed by atoms with van der Waals surface area (Å²) < 4.78 is 0. The molecule has 0 spiro atoms. The number of hydrogen-bond acceptors (Lipinski definition) is 3. The molecule has 0 atom stereocenters. The third-order valence-corrected chi connectivity index (χ3v) is 1.98. The Hall–Kier alpha value is -1.65. The van der Waals surface area contributed by atoms with E-state index < -0.39 is 11.9 Å². The molecule has 0 aromatic rings. The molecule has 0 aliphatic heterocycles. The number of carboxylic acid groups (broad SMARTS) is 2. The summed E-state index contributed by atoms with van der Waals surface area (Å²) in [5, 5.41) is 17.0. The number of ketones is 1. The zero-order valence-corrected chi connectivity index (χ0v) is 8.74. The summed E-state index contributed by atoms with van der Waals surface area (Å²) in [7, 11) is 0. The molecular weight excluding hydrogens is 200 g/mol. The Morgan fingerprint density at radius 1 is 0.933 bits per heavy atom. The van der Waals surface area contributed by atoms with E-state index >= 15 is 0 Å². The summed E-state index contributed by atoms with van der Waals surface area (Å²) in [4.78, 5) is 31.8. The van der Waals surface area contributed by atoms with Crippen LogP contribution in [0.25, 0.3) is 0 Å². The van der Waals surface area contributed by atoms with Crippen LogP contribution in [0.3, 0.4) is 0 Å². The molecule has 0 saturated heterocycles. The molecule has 0 saturated carbocycles. The van der Waals surface area contributed by atoms with E-state index in [4.69, 9.17) is 10.2 Å². The summed E-state index contributed by atoms with van der Waals surface area (Å²) in [5.41, 5.74) is 0.732. The Kier molecular flexibility index (Phi) is 5.30. The van der Waals surface area contributed by atoms with E-state index in [2.05, 4.69) is 0 Å². The normalized spacial score (nSPS) is 11.9. The molecule has 0 amide bonds. The van der Waals surface area contributed by atoms with Crippen LogP contribution in [0.2, 0.25) is 0 Å². The van der Waals surface area contributed by atoms with Crippen molar-refractivity contribution in [2.75, 3.05) is 0 Å². The zero-order chi connectivity index (χ0) is 12.0. The quantitative estimate of drug-likeness (QED) is 0.649. The first kappa shape index (κ1) is 13.4. The minimum atomic E-state index is -1.09. The molecule has 15 heavy (non-hydrogen) atoms. The van der Waals surface area contributed by atoms with Crippen LogP contribution in [0.5, 0.6) is 0 Å². The van der Waals surface area contributed by atoms with E-state index in [1.807, 2.05) is 0 Å². The van der Waals surface area contributed by atoms with Crippen molar-refractivity contribution in [1.82, 2.24) is 0 Å². The molecule has 0 fully saturated rings. The minimum absolute atomic E-state index is 0.0950. The van der Waals surface area contributed by atoms with Crippen LogP contribution >= 0.6 is 0 Å². The minimum Gasteiger partial charge on any atom is -0.481 e. The van der Waals surface area contributed by atoms with Crippen LogP contribution < -0.4 is 0 Å². The highest BCUT2D eigenvalue weighted by Gasteiger charge is 2.13. The van der Waals surface area contributed by atoms with Gasteiger partial charge < -0.3 is 10.2 Å². The van der Waals surface area contributed by atoms with Gasteiger partial charge in [0.2, 0.25) is 0 Å². The van der Waals surface area contributed by atoms with Crippen LogP contribution in [-0.2, 0) is 14.4 Å². The predicted molar refractivity (Wildman–Crippen MR) is 52.5 cm³/mol. The standard InChI is InChI=1S/C10H14O5/c1-6(3-4-9(12)13)8(7(2)11)5-10(14)15/h3-5H2,1-2H3,(H,12,13)(H,14,15). The van der Waals surface area contributed by atoms with E-state index in [1.165, 1.54) is 6.92 Å². The summed E-state index contributed by atoms with van der Waals surface area (Å²) in [6.45, 7) is 2.87. The fourth-order valence-electron chi connectivity index (χ4n) is 1.17. The van der Waals surface area contributed by atoms with E-state index in [0.717, 1.165) is 0 Å². The van der Waals surface area contributed by atoms with Gasteiger partial charge in [-0.2, -0.15) is 0 Å². The van der Waals surface area contributed by atoms with Gasteiger partial charge in [0.25, 0.3) is 0 Å². The summed E-state index contributed by atoms with van der Waals surface area (Å²) in [6.07, 6.45) is -0.236. The summed E-state index contributed by atoms with van der Waals surface area (Å²) >= 11 is 0. The highest BCUT2D eigenvalue weighted by atomic mass is 16.4. The Morgan fingerprint density at radius 2 is 1.47 bits per heavy atom. The van der Waals surface area contributed by atoms with Crippen molar-refractivity contribution in [2.45, 2.75) is 33.1 Å². The molecule has 5 heteroatoms. The second kappa shape index (κ2) is 5.95. The van der Waals surface area contributed by atoms with Gasteiger partial charge in [0, 0.05) is 12.0 Å². The Labute approximate surface area is 87.4 Å². The average Bonchev–Trinajstić information content (AvgIpc) is 2.09. The lowest BCUT2D eigenvalue weighted by Crippen LogP contribution is -2.07. The highest BCUT2D eigenvalue weighted by Crippen LogP contribution is 2.15. The number of rotatable bonds is 6. The zero-order valence-electron chi connectivity index (χ0n) is 8.74. The lowest BCUT2D eigenvalue weighted by atomic mass is 9.99. The van der Waals surface area contributed by atoms with E-state index in [9.17, 15) is 14.4 Å². The maximum absolute atomic E-state index is 11.1. The van der Waals surface area contributed by atoms with E-state index in [-0.39, 0.29) is 30.6 Å². The first-order chi connectivity index (χ1) is 6.84. The molecule has 0 rings (SSSR count). The van der Waals surface area contributed by atoms with Gasteiger partial charge in [-0.25, -0.2) is 0 Å². The average molecular weight is 214 g/mol. The fourth-order valence-corrected chi connectivity index (χ4v) is 1.17. The van der Waals surface area contributed by atoms with Gasteiger partial charge in [0.15, 0.2) is 5.78 Å². The molecule has 0 bridgehead atoms. The van der Waals surface area contributed by atoms with Gasteiger partial charge in [-0.1, -0.05) is 5.57 Å². The first-order valence-corrected chi connectivity index (χ1v) is 4.47. The van der Waals surface area contributed by atoms with Crippen LogP contribution in [0.15, 0.2) is 11.1 Å². The van der Waals surface area contributed by atoms with E-state index in [0.29, 0.717) is 5.57 Å². The topological polar surface area (TPSA) is 91.7 Å². The molecule has 0 aromatic heterocycles. The Balaban J connectivity index is 4.68. The van der Waals surface area contributed by atoms with Crippen LogP contribution in [0, 0.1) is 0 Å². The van der Waals surface area contributed by atoms with Crippen molar-refractivity contribution in [1.29, 1.82) is 0 Å². The number of aliphatic carboxylic acids is 2.